The number of aromatic nitrogens is 1. The van der Waals surface area contributed by atoms with Crippen LogP contribution in [0.2, 0.25) is 0 Å². The standard InChI is InChI=1S/C10H18N2O2S2/c1-4-9(5-2)6-12-16(13,14)10-7-11-8(3)15-10/h7,9,12H,4-6H2,1-3H3. The van der Waals surface area contributed by atoms with Crippen LogP contribution >= 0.6 is 11.3 Å². The van der Waals surface area contributed by atoms with Gasteiger partial charge in [0.1, 0.15) is 0 Å². The Morgan fingerprint density at radius 3 is 2.50 bits per heavy atom. The van der Waals surface area contributed by atoms with Crippen molar-refractivity contribution in [1.29, 1.82) is 0 Å². The second-order valence-electron chi connectivity index (χ2n) is 3.73. The van der Waals surface area contributed by atoms with E-state index in [-0.39, 0.29) is 0 Å². The van der Waals surface area contributed by atoms with E-state index in [2.05, 4.69) is 23.6 Å². The first-order chi connectivity index (χ1) is 7.49. The zero-order valence-electron chi connectivity index (χ0n) is 9.86. The maximum absolute atomic E-state index is 11.8. The fourth-order valence-electron chi connectivity index (χ4n) is 1.34. The summed E-state index contributed by atoms with van der Waals surface area (Å²) in [7, 11) is -3.35. The summed E-state index contributed by atoms with van der Waals surface area (Å²) in [6.07, 6.45) is 3.39. The second-order valence-corrected chi connectivity index (χ2v) is 6.96. The Balaban J connectivity index is 2.66. The van der Waals surface area contributed by atoms with E-state index in [4.69, 9.17) is 0 Å². The first-order valence-corrected chi connectivity index (χ1v) is 7.71. The molecule has 0 aliphatic heterocycles. The number of nitrogens with zero attached hydrogens (tertiary/aromatic N) is 1. The fraction of sp³-hybridized carbons (Fsp3) is 0.700. The van der Waals surface area contributed by atoms with Crippen molar-refractivity contribution in [3.05, 3.63) is 11.2 Å². The number of thiazole rings is 1. The minimum Gasteiger partial charge on any atom is -0.249 e. The molecule has 0 aliphatic rings. The van der Waals surface area contributed by atoms with Crippen LogP contribution in [0.15, 0.2) is 10.4 Å². The molecule has 0 unspecified atom stereocenters. The molecular formula is C10H18N2O2S2. The molecule has 6 heteroatoms. The van der Waals surface area contributed by atoms with Gasteiger partial charge < -0.3 is 0 Å². The van der Waals surface area contributed by atoms with Crippen molar-refractivity contribution >= 4 is 21.4 Å². The summed E-state index contributed by atoms with van der Waals surface area (Å²) in [6.45, 7) is 6.44. The maximum Gasteiger partial charge on any atom is 0.251 e. The molecule has 0 bridgehead atoms. The van der Waals surface area contributed by atoms with Crippen LogP contribution in [0.1, 0.15) is 31.7 Å². The monoisotopic (exact) mass is 262 g/mol. The average molecular weight is 262 g/mol. The molecule has 1 aromatic rings. The van der Waals surface area contributed by atoms with Crippen molar-refractivity contribution < 1.29 is 8.42 Å². The maximum atomic E-state index is 11.8. The Bertz CT molecular complexity index is 422. The molecule has 0 aliphatic carbocycles. The van der Waals surface area contributed by atoms with E-state index in [1.165, 1.54) is 17.5 Å². The van der Waals surface area contributed by atoms with Gasteiger partial charge in [-0.25, -0.2) is 18.1 Å². The van der Waals surface area contributed by atoms with Crippen molar-refractivity contribution in [2.45, 2.75) is 37.8 Å². The molecule has 0 fully saturated rings. The Morgan fingerprint density at radius 2 is 2.06 bits per heavy atom. The molecular weight excluding hydrogens is 244 g/mol. The van der Waals surface area contributed by atoms with Crippen molar-refractivity contribution in [1.82, 2.24) is 9.71 Å². The van der Waals surface area contributed by atoms with Crippen LogP contribution in [0, 0.1) is 12.8 Å². The van der Waals surface area contributed by atoms with E-state index in [0.29, 0.717) is 16.7 Å². The summed E-state index contributed by atoms with van der Waals surface area (Å²) in [5, 5.41) is 0.767. The van der Waals surface area contributed by atoms with Gasteiger partial charge in [0.15, 0.2) is 4.21 Å². The van der Waals surface area contributed by atoms with Gasteiger partial charge in [0.25, 0.3) is 10.0 Å². The molecule has 0 aromatic carbocycles. The summed E-state index contributed by atoms with van der Waals surface area (Å²) in [5.74, 6) is 0.406. The van der Waals surface area contributed by atoms with Gasteiger partial charge in [-0.3, -0.25) is 0 Å². The number of aryl methyl sites for hydroxylation is 1. The number of hydrogen-bond donors (Lipinski definition) is 1. The van der Waals surface area contributed by atoms with Crippen LogP contribution in [0.25, 0.3) is 0 Å². The molecule has 1 rings (SSSR count). The summed E-state index contributed by atoms with van der Waals surface area (Å²) < 4.78 is 26.6. The van der Waals surface area contributed by atoms with Gasteiger partial charge in [0, 0.05) is 6.54 Å². The van der Waals surface area contributed by atoms with Crippen molar-refractivity contribution in [2.75, 3.05) is 6.54 Å². The van der Waals surface area contributed by atoms with Gasteiger partial charge in [-0.05, 0) is 12.8 Å². The minimum atomic E-state index is -3.35. The van der Waals surface area contributed by atoms with Gasteiger partial charge >= 0.3 is 0 Å². The van der Waals surface area contributed by atoms with E-state index in [1.54, 1.807) is 6.92 Å². The van der Waals surface area contributed by atoms with E-state index in [9.17, 15) is 8.42 Å². The van der Waals surface area contributed by atoms with E-state index < -0.39 is 10.0 Å². The van der Waals surface area contributed by atoms with Gasteiger partial charge in [-0.2, -0.15) is 0 Å². The number of hydrogen-bond acceptors (Lipinski definition) is 4. The lowest BCUT2D eigenvalue weighted by atomic mass is 10.0. The lowest BCUT2D eigenvalue weighted by Crippen LogP contribution is -2.28. The molecule has 0 atom stereocenters. The SMILES string of the molecule is CCC(CC)CNS(=O)(=O)c1cnc(C)s1. The third-order valence-electron chi connectivity index (χ3n) is 2.58. The zero-order valence-corrected chi connectivity index (χ0v) is 11.5. The van der Waals surface area contributed by atoms with Crippen LogP contribution < -0.4 is 4.72 Å². The smallest absolute Gasteiger partial charge is 0.249 e. The highest BCUT2D eigenvalue weighted by Gasteiger charge is 2.17. The third kappa shape index (κ3) is 3.54. The van der Waals surface area contributed by atoms with Crippen LogP contribution in [0.3, 0.4) is 0 Å². The molecule has 1 N–H and O–H groups in total. The topological polar surface area (TPSA) is 59.1 Å². The molecule has 1 aromatic heterocycles. The Labute approximate surface area is 101 Å². The van der Waals surface area contributed by atoms with E-state index in [1.807, 2.05) is 0 Å². The zero-order chi connectivity index (χ0) is 12.2. The van der Waals surface area contributed by atoms with Gasteiger partial charge in [-0.15, -0.1) is 11.3 Å². The van der Waals surface area contributed by atoms with Crippen molar-refractivity contribution in [3.8, 4) is 0 Å². The van der Waals surface area contributed by atoms with Gasteiger partial charge in [0.05, 0.1) is 11.2 Å². The highest BCUT2D eigenvalue weighted by molar-refractivity contribution is 7.91. The summed E-state index contributed by atoms with van der Waals surface area (Å²) >= 11 is 1.20. The first-order valence-electron chi connectivity index (χ1n) is 5.41. The molecule has 0 radical (unpaired) electrons. The fourth-order valence-corrected chi connectivity index (χ4v) is 3.61. The highest BCUT2D eigenvalue weighted by Crippen LogP contribution is 2.18. The Morgan fingerprint density at radius 1 is 1.44 bits per heavy atom. The molecule has 16 heavy (non-hydrogen) atoms. The molecule has 4 nitrogen and oxygen atoms in total. The molecule has 0 saturated carbocycles. The molecule has 92 valence electrons. The van der Waals surface area contributed by atoms with Crippen LogP contribution in [-0.2, 0) is 10.0 Å². The summed E-state index contributed by atoms with van der Waals surface area (Å²) in [6, 6.07) is 0. The number of sulfonamides is 1. The molecule has 0 spiro atoms. The quantitative estimate of drug-likeness (QED) is 0.854. The second kappa shape index (κ2) is 5.75. The van der Waals surface area contributed by atoms with Crippen LogP contribution in [0.5, 0.6) is 0 Å². The Kier molecular flexibility index (Phi) is 4.89. The van der Waals surface area contributed by atoms with E-state index in [0.717, 1.165) is 17.8 Å². The van der Waals surface area contributed by atoms with Crippen LogP contribution in [-0.4, -0.2) is 19.9 Å². The average Bonchev–Trinajstić information content (AvgIpc) is 2.67. The van der Waals surface area contributed by atoms with Gasteiger partial charge in [-0.1, -0.05) is 26.7 Å². The van der Waals surface area contributed by atoms with Crippen molar-refractivity contribution in [3.63, 3.8) is 0 Å². The minimum absolute atomic E-state index is 0.302. The molecule has 0 amide bonds. The normalized spacial score (nSPS) is 12.2. The highest BCUT2D eigenvalue weighted by atomic mass is 32.2. The van der Waals surface area contributed by atoms with Gasteiger partial charge in [0.2, 0.25) is 0 Å². The number of nitrogens with one attached hydrogen (secondary N) is 1. The summed E-state index contributed by atoms with van der Waals surface area (Å²) in [5.41, 5.74) is 0. The number of rotatable bonds is 6. The lowest BCUT2D eigenvalue weighted by Gasteiger charge is -2.12. The predicted molar refractivity (Wildman–Crippen MR) is 66.1 cm³/mol. The van der Waals surface area contributed by atoms with Crippen LogP contribution in [0.4, 0.5) is 0 Å². The summed E-state index contributed by atoms with van der Waals surface area (Å²) in [4.78, 5) is 3.95. The molecule has 1 heterocycles. The van der Waals surface area contributed by atoms with E-state index >= 15 is 0 Å². The largest absolute Gasteiger partial charge is 0.251 e. The predicted octanol–water partition coefficient (Wildman–Crippen LogP) is 2.17. The molecule has 0 saturated heterocycles. The van der Waals surface area contributed by atoms with Crippen molar-refractivity contribution in [2.24, 2.45) is 5.92 Å². The lowest BCUT2D eigenvalue weighted by molar-refractivity contribution is 0.479. The third-order valence-corrected chi connectivity index (χ3v) is 5.38. The Hall–Kier alpha value is -0.460. The first kappa shape index (κ1) is 13.6.